The fourth-order valence-corrected chi connectivity index (χ4v) is 2.16. The van der Waals surface area contributed by atoms with Gasteiger partial charge < -0.3 is 24.8 Å². The van der Waals surface area contributed by atoms with Gasteiger partial charge in [0.05, 0.1) is 0 Å². The van der Waals surface area contributed by atoms with Crippen LogP contribution in [0.15, 0.2) is 6.07 Å². The van der Waals surface area contributed by atoms with Crippen LogP contribution >= 0.6 is 0 Å². The first-order valence-corrected chi connectivity index (χ1v) is 6.45. The van der Waals surface area contributed by atoms with Gasteiger partial charge in [0.15, 0.2) is 0 Å². The molecule has 0 spiro atoms. The zero-order valence-corrected chi connectivity index (χ0v) is 16.0. The Balaban J connectivity index is -0.000000750. The van der Waals surface area contributed by atoms with Crippen molar-refractivity contribution in [3.8, 4) is 0 Å². The molecule has 0 atom stereocenters. The van der Waals surface area contributed by atoms with Crippen molar-refractivity contribution in [2.45, 2.75) is 66.2 Å². The molecular weight excluding hydrogens is 342 g/mol. The number of aryl methyl sites for hydroxylation is 2. The molecule has 103 valence electrons. The molecule has 0 nitrogen and oxygen atoms in total. The Morgan fingerprint density at radius 3 is 2.00 bits per heavy atom. The Morgan fingerprint density at radius 1 is 1.00 bits per heavy atom. The Morgan fingerprint density at radius 2 is 1.50 bits per heavy atom. The van der Waals surface area contributed by atoms with E-state index in [4.69, 9.17) is 0 Å². The average molecular weight is 367 g/mol. The molecule has 0 aliphatic carbocycles. The predicted molar refractivity (Wildman–Crippen MR) is 68.7 cm³/mol. The Hall–Kier alpha value is 0.813. The van der Waals surface area contributed by atoms with E-state index >= 15 is 0 Å². The van der Waals surface area contributed by atoms with Crippen molar-refractivity contribution in [3.63, 3.8) is 0 Å². The molecule has 0 saturated carbocycles. The first kappa shape index (κ1) is 23.9. The summed E-state index contributed by atoms with van der Waals surface area (Å²) in [6.07, 6.45) is 7.81. The molecule has 1 rings (SSSR count). The number of unbranched alkanes of at least 4 members (excludes halogenated alkanes) is 2. The van der Waals surface area contributed by atoms with Crippen molar-refractivity contribution in [1.29, 1.82) is 0 Å². The van der Waals surface area contributed by atoms with Gasteiger partial charge in [-0.1, -0.05) is 66.2 Å². The van der Waals surface area contributed by atoms with Crippen LogP contribution in [-0.2, 0) is 39.0 Å². The molecule has 1 aromatic rings. The van der Waals surface area contributed by atoms with Crippen LogP contribution in [0.5, 0.6) is 0 Å². The fraction of sp³-hybridized carbons (Fsp3) is 0.667. The van der Waals surface area contributed by atoms with Gasteiger partial charge in [0.25, 0.3) is 0 Å². The van der Waals surface area contributed by atoms with Gasteiger partial charge in [-0.2, -0.15) is 22.3 Å². The van der Waals surface area contributed by atoms with Crippen LogP contribution < -0.4 is 24.8 Å². The third kappa shape index (κ3) is 6.83. The van der Waals surface area contributed by atoms with Crippen LogP contribution in [0.3, 0.4) is 0 Å². The van der Waals surface area contributed by atoms with Crippen molar-refractivity contribution in [1.82, 2.24) is 0 Å². The van der Waals surface area contributed by atoms with Crippen LogP contribution in [0.4, 0.5) is 0 Å². The molecule has 0 amide bonds. The van der Waals surface area contributed by atoms with Gasteiger partial charge in [0, 0.05) is 0 Å². The van der Waals surface area contributed by atoms with E-state index in [1.807, 2.05) is 0 Å². The smallest absolute Gasteiger partial charge is 1.00 e. The van der Waals surface area contributed by atoms with Crippen molar-refractivity contribution < 1.29 is 51.0 Å². The molecule has 0 bridgehead atoms. The Kier molecular flexibility index (Phi) is 17.0. The number of hydrogen-bond donors (Lipinski definition) is 0. The van der Waals surface area contributed by atoms with E-state index in [-0.39, 0.29) is 51.0 Å². The fourth-order valence-electron chi connectivity index (χ4n) is 2.16. The van der Waals surface area contributed by atoms with E-state index in [0.29, 0.717) is 0 Å². The van der Waals surface area contributed by atoms with E-state index in [0.717, 1.165) is 0 Å². The average Bonchev–Trinajstić information content (AvgIpc) is 2.51. The number of hydrogen-bond acceptors (Lipinski definition) is 0. The molecule has 0 unspecified atom stereocenters. The summed E-state index contributed by atoms with van der Waals surface area (Å²) in [5.74, 6) is 0. The molecule has 0 heterocycles. The van der Waals surface area contributed by atoms with E-state index in [1.165, 1.54) is 38.5 Å². The Bertz CT molecular complexity index is 277. The summed E-state index contributed by atoms with van der Waals surface area (Å²) in [5.41, 5.74) is 6.30. The SMILES string of the molecule is CCCCc1cc(CCCC)[c-](C)c1C.[Cl-].[Cl-].[Zr+3]. The van der Waals surface area contributed by atoms with Gasteiger partial charge in [-0.05, 0) is 0 Å². The van der Waals surface area contributed by atoms with Gasteiger partial charge in [0.1, 0.15) is 0 Å². The molecule has 0 N–H and O–H groups in total. The largest absolute Gasteiger partial charge is 3.00 e. The van der Waals surface area contributed by atoms with Gasteiger partial charge in [0.2, 0.25) is 0 Å². The molecule has 0 aromatic heterocycles. The van der Waals surface area contributed by atoms with E-state index in [9.17, 15) is 0 Å². The third-order valence-electron chi connectivity index (χ3n) is 3.47. The molecule has 0 aliphatic rings. The van der Waals surface area contributed by atoms with E-state index in [2.05, 4.69) is 33.8 Å². The molecule has 0 aliphatic heterocycles. The van der Waals surface area contributed by atoms with Gasteiger partial charge in [-0.25, -0.2) is 6.07 Å². The second-order valence-corrected chi connectivity index (χ2v) is 4.65. The first-order chi connectivity index (χ1) is 7.20. The topological polar surface area (TPSA) is 0 Å². The van der Waals surface area contributed by atoms with Gasteiger partial charge in [-0.15, -0.1) is 0 Å². The summed E-state index contributed by atoms with van der Waals surface area (Å²) in [5, 5.41) is 0. The minimum absolute atomic E-state index is 0. The monoisotopic (exact) mass is 365 g/mol. The first-order valence-electron chi connectivity index (χ1n) is 6.45. The minimum Gasteiger partial charge on any atom is -1.00 e. The molecule has 1 radical (unpaired) electrons. The quantitative estimate of drug-likeness (QED) is 0.549. The van der Waals surface area contributed by atoms with Crippen LogP contribution in [0, 0.1) is 13.8 Å². The molecule has 1 aromatic carbocycles. The van der Waals surface area contributed by atoms with Gasteiger partial charge >= 0.3 is 26.2 Å². The third-order valence-corrected chi connectivity index (χ3v) is 3.47. The van der Waals surface area contributed by atoms with Crippen molar-refractivity contribution >= 4 is 0 Å². The van der Waals surface area contributed by atoms with Crippen molar-refractivity contribution in [3.05, 3.63) is 28.3 Å². The Labute approximate surface area is 145 Å². The van der Waals surface area contributed by atoms with E-state index < -0.39 is 0 Å². The molecule has 18 heavy (non-hydrogen) atoms. The predicted octanol–water partition coefficient (Wildman–Crippen LogP) is -1.29. The molecular formula is C15H25Cl2Zr. The second-order valence-electron chi connectivity index (χ2n) is 4.65. The van der Waals surface area contributed by atoms with E-state index in [1.54, 1.807) is 22.3 Å². The normalized spacial score (nSPS) is 9.11. The summed E-state index contributed by atoms with van der Waals surface area (Å²) < 4.78 is 0. The summed E-state index contributed by atoms with van der Waals surface area (Å²) in [6.45, 7) is 9.11. The van der Waals surface area contributed by atoms with Crippen molar-refractivity contribution in [2.24, 2.45) is 0 Å². The maximum absolute atomic E-state index is 2.45. The summed E-state index contributed by atoms with van der Waals surface area (Å²) in [6, 6.07) is 2.45. The van der Waals surface area contributed by atoms with Crippen molar-refractivity contribution in [2.75, 3.05) is 0 Å². The maximum Gasteiger partial charge on any atom is 3.00 e. The van der Waals surface area contributed by atoms with Crippen LogP contribution in [-0.4, -0.2) is 0 Å². The van der Waals surface area contributed by atoms with Crippen LogP contribution in [0.25, 0.3) is 0 Å². The molecule has 3 heteroatoms. The standard InChI is InChI=1S/C15H25.2ClH.Zr/c1-5-7-9-14-11-15(10-8-6-2)13(4)12(14)3;;;/h11H,5-10H2,1-4H3;2*1H;/q-1;;;+3/p-2. The zero-order valence-electron chi connectivity index (χ0n) is 12.1. The maximum atomic E-state index is 2.45. The summed E-state index contributed by atoms with van der Waals surface area (Å²) >= 11 is 0. The van der Waals surface area contributed by atoms with Gasteiger partial charge in [-0.3, -0.25) is 0 Å². The number of halogens is 2. The molecule has 0 fully saturated rings. The summed E-state index contributed by atoms with van der Waals surface area (Å²) in [7, 11) is 0. The minimum atomic E-state index is 0. The number of rotatable bonds is 6. The van der Waals surface area contributed by atoms with Crippen LogP contribution in [0.1, 0.15) is 61.8 Å². The second kappa shape index (κ2) is 12.8. The van der Waals surface area contributed by atoms with Crippen LogP contribution in [0.2, 0.25) is 0 Å². The zero-order chi connectivity index (χ0) is 11.3. The summed E-state index contributed by atoms with van der Waals surface area (Å²) in [4.78, 5) is 0. The molecule has 0 saturated heterocycles.